The van der Waals surface area contributed by atoms with Gasteiger partial charge in [-0.15, -0.1) is 0 Å². The van der Waals surface area contributed by atoms with E-state index in [1.54, 1.807) is 6.33 Å². The quantitative estimate of drug-likeness (QED) is 0.619. The van der Waals surface area contributed by atoms with Crippen molar-refractivity contribution in [2.24, 2.45) is 29.6 Å². The fraction of sp³-hybridized carbons (Fsp3) is 0.808. The molecule has 1 aromatic heterocycles. The molecular weight excluding hydrogens is 412 g/mol. The van der Waals surface area contributed by atoms with Crippen LogP contribution >= 0.6 is 0 Å². The van der Waals surface area contributed by atoms with Crippen molar-refractivity contribution >= 4 is 11.7 Å². The molecule has 4 fully saturated rings. The van der Waals surface area contributed by atoms with E-state index in [-0.39, 0.29) is 5.91 Å². The number of hydrogen-bond donors (Lipinski definition) is 1. The number of likely N-dealkylation sites (N-methyl/N-ethyl adjacent to an activating group) is 1. The molecule has 1 aromatic rings. The van der Waals surface area contributed by atoms with Crippen molar-refractivity contribution < 1.29 is 4.79 Å². The minimum atomic E-state index is 0.203. The SMILES string of the molecule is CN(C)CCCN(C)CC(=O)N1CCc2c(ncnc2NCC2C3CC4CC(C3)CC2C4)C1. The lowest BCUT2D eigenvalue weighted by molar-refractivity contribution is -0.133. The topological polar surface area (TPSA) is 64.6 Å². The number of anilines is 1. The summed E-state index contributed by atoms with van der Waals surface area (Å²) in [7, 11) is 6.22. The van der Waals surface area contributed by atoms with Gasteiger partial charge in [0.15, 0.2) is 0 Å². The second-order valence-corrected chi connectivity index (χ2v) is 11.6. The number of carbonyl (C=O) groups is 1. The number of amides is 1. The number of carbonyl (C=O) groups excluding carboxylic acids is 1. The van der Waals surface area contributed by atoms with E-state index in [0.717, 1.165) is 80.1 Å². The minimum Gasteiger partial charge on any atom is -0.369 e. The Morgan fingerprint density at radius 2 is 1.79 bits per heavy atom. The van der Waals surface area contributed by atoms with Crippen LogP contribution in [0.1, 0.15) is 49.8 Å². The summed E-state index contributed by atoms with van der Waals surface area (Å²) in [5, 5.41) is 3.74. The van der Waals surface area contributed by atoms with Gasteiger partial charge in [-0.05, 0) is 109 Å². The molecule has 0 atom stereocenters. The Morgan fingerprint density at radius 1 is 1.06 bits per heavy atom. The largest absolute Gasteiger partial charge is 0.369 e. The van der Waals surface area contributed by atoms with Crippen molar-refractivity contribution in [3.05, 3.63) is 17.6 Å². The number of fused-ring (bicyclic) bond motifs is 1. The fourth-order valence-electron chi connectivity index (χ4n) is 7.37. The predicted molar refractivity (Wildman–Crippen MR) is 131 cm³/mol. The third-order valence-electron chi connectivity index (χ3n) is 8.84. The number of nitrogens with one attached hydrogen (secondary N) is 1. The van der Waals surface area contributed by atoms with Gasteiger partial charge in [0.2, 0.25) is 5.91 Å². The standard InChI is InChI=1S/C26H42N6O/c1-30(2)6-4-7-31(3)16-25(33)32-8-5-22-24(15-32)28-17-29-26(22)27-14-23-20-10-18-9-19(12-20)13-21(23)11-18/h17-21,23H,4-16H2,1-3H3,(H,27,28,29). The maximum absolute atomic E-state index is 12.9. The summed E-state index contributed by atoms with van der Waals surface area (Å²) in [6.45, 7) is 4.89. The van der Waals surface area contributed by atoms with Crippen molar-refractivity contribution in [2.75, 3.05) is 59.2 Å². The molecule has 0 radical (unpaired) electrons. The maximum atomic E-state index is 12.9. The first-order chi connectivity index (χ1) is 16.0. The van der Waals surface area contributed by atoms with Gasteiger partial charge in [0.1, 0.15) is 12.1 Å². The van der Waals surface area contributed by atoms with Crippen molar-refractivity contribution in [2.45, 2.75) is 51.5 Å². The Labute approximate surface area is 199 Å². The number of hydrogen-bond acceptors (Lipinski definition) is 6. The van der Waals surface area contributed by atoms with Gasteiger partial charge in [-0.25, -0.2) is 9.97 Å². The molecule has 4 bridgehead atoms. The summed E-state index contributed by atoms with van der Waals surface area (Å²) in [5.74, 6) is 5.92. The van der Waals surface area contributed by atoms with Crippen LogP contribution in [-0.4, -0.2) is 84.4 Å². The lowest BCUT2D eigenvalue weighted by Crippen LogP contribution is -2.47. The van der Waals surface area contributed by atoms with Gasteiger partial charge in [0, 0.05) is 18.7 Å². The molecule has 0 unspecified atom stereocenters. The molecule has 33 heavy (non-hydrogen) atoms. The summed E-state index contributed by atoms with van der Waals surface area (Å²) >= 11 is 0. The molecule has 0 aromatic carbocycles. The van der Waals surface area contributed by atoms with E-state index in [1.165, 1.54) is 37.7 Å². The van der Waals surface area contributed by atoms with Gasteiger partial charge in [0.25, 0.3) is 0 Å². The van der Waals surface area contributed by atoms with Crippen LogP contribution in [0.3, 0.4) is 0 Å². The van der Waals surface area contributed by atoms with Gasteiger partial charge in [-0.3, -0.25) is 9.69 Å². The molecule has 5 aliphatic rings. The first-order valence-corrected chi connectivity index (χ1v) is 13.1. The van der Waals surface area contributed by atoms with E-state index in [0.29, 0.717) is 13.1 Å². The molecule has 4 aliphatic carbocycles. The molecule has 1 aliphatic heterocycles. The lowest BCUT2D eigenvalue weighted by Gasteiger charge is -2.54. The highest BCUT2D eigenvalue weighted by atomic mass is 16.2. The predicted octanol–water partition coefficient (Wildman–Crippen LogP) is 2.73. The highest BCUT2D eigenvalue weighted by Crippen LogP contribution is 2.56. The molecule has 0 spiro atoms. The molecule has 6 rings (SSSR count). The molecule has 7 heteroatoms. The molecule has 0 saturated heterocycles. The van der Waals surface area contributed by atoms with Gasteiger partial charge in [-0.1, -0.05) is 0 Å². The Morgan fingerprint density at radius 3 is 2.48 bits per heavy atom. The van der Waals surface area contributed by atoms with Crippen molar-refractivity contribution in [1.29, 1.82) is 0 Å². The molecule has 2 heterocycles. The number of rotatable bonds is 9. The summed E-state index contributed by atoms with van der Waals surface area (Å²) in [5.41, 5.74) is 2.25. The number of nitrogens with zero attached hydrogens (tertiary/aromatic N) is 5. The van der Waals surface area contributed by atoms with Crippen LogP contribution in [0.4, 0.5) is 5.82 Å². The van der Waals surface area contributed by atoms with Crippen molar-refractivity contribution in [1.82, 2.24) is 24.7 Å². The molecule has 1 N–H and O–H groups in total. The number of aromatic nitrogens is 2. The Bertz CT molecular complexity index is 814. The van der Waals surface area contributed by atoms with Crippen LogP contribution in [0.5, 0.6) is 0 Å². The van der Waals surface area contributed by atoms with E-state index in [1.807, 2.05) is 11.9 Å². The molecule has 4 saturated carbocycles. The second-order valence-electron chi connectivity index (χ2n) is 11.6. The van der Waals surface area contributed by atoms with Gasteiger partial charge in [0.05, 0.1) is 18.8 Å². The highest BCUT2D eigenvalue weighted by Gasteiger charge is 2.47. The van der Waals surface area contributed by atoms with E-state index < -0.39 is 0 Å². The molecule has 182 valence electrons. The molecule has 1 amide bonds. The summed E-state index contributed by atoms with van der Waals surface area (Å²) in [6.07, 6.45) is 10.9. The van der Waals surface area contributed by atoms with E-state index in [9.17, 15) is 4.79 Å². The van der Waals surface area contributed by atoms with Crippen LogP contribution in [0.25, 0.3) is 0 Å². The molecular formula is C26H42N6O. The van der Waals surface area contributed by atoms with Crippen molar-refractivity contribution in [3.8, 4) is 0 Å². The van der Waals surface area contributed by atoms with Crippen LogP contribution in [0, 0.1) is 29.6 Å². The smallest absolute Gasteiger partial charge is 0.237 e. The molecule has 7 nitrogen and oxygen atoms in total. The third-order valence-corrected chi connectivity index (χ3v) is 8.84. The van der Waals surface area contributed by atoms with Crippen molar-refractivity contribution in [3.63, 3.8) is 0 Å². The zero-order valence-electron chi connectivity index (χ0n) is 20.8. The first-order valence-electron chi connectivity index (χ1n) is 13.1. The van der Waals surface area contributed by atoms with Gasteiger partial charge < -0.3 is 15.1 Å². The highest BCUT2D eigenvalue weighted by molar-refractivity contribution is 5.78. The average Bonchev–Trinajstić information content (AvgIpc) is 2.77. The Kier molecular flexibility index (Phi) is 6.89. The van der Waals surface area contributed by atoms with Crippen LogP contribution in [0.2, 0.25) is 0 Å². The Hall–Kier alpha value is -1.73. The van der Waals surface area contributed by atoms with Gasteiger partial charge >= 0.3 is 0 Å². The summed E-state index contributed by atoms with van der Waals surface area (Å²) in [4.78, 5) is 28.4. The van der Waals surface area contributed by atoms with Crippen LogP contribution in [-0.2, 0) is 17.8 Å². The first kappa shape index (κ1) is 23.0. The second kappa shape index (κ2) is 9.87. The minimum absolute atomic E-state index is 0.203. The monoisotopic (exact) mass is 454 g/mol. The summed E-state index contributed by atoms with van der Waals surface area (Å²) in [6, 6.07) is 0. The Balaban J connectivity index is 1.15. The maximum Gasteiger partial charge on any atom is 0.237 e. The average molecular weight is 455 g/mol. The normalized spacial score (nSPS) is 30.2. The zero-order chi connectivity index (χ0) is 22.9. The fourth-order valence-corrected chi connectivity index (χ4v) is 7.37. The summed E-state index contributed by atoms with van der Waals surface area (Å²) < 4.78 is 0. The van der Waals surface area contributed by atoms with Crippen LogP contribution in [0.15, 0.2) is 6.33 Å². The van der Waals surface area contributed by atoms with Gasteiger partial charge in [-0.2, -0.15) is 0 Å². The third kappa shape index (κ3) is 5.19. The zero-order valence-corrected chi connectivity index (χ0v) is 20.8. The van der Waals surface area contributed by atoms with E-state index >= 15 is 0 Å². The lowest BCUT2D eigenvalue weighted by atomic mass is 9.52. The van der Waals surface area contributed by atoms with E-state index in [4.69, 9.17) is 0 Å². The van der Waals surface area contributed by atoms with Crippen LogP contribution < -0.4 is 5.32 Å². The van der Waals surface area contributed by atoms with E-state index in [2.05, 4.69) is 39.2 Å².